The van der Waals surface area contributed by atoms with Crippen LogP contribution < -0.4 is 10.6 Å². The van der Waals surface area contributed by atoms with E-state index in [1.807, 2.05) is 0 Å². The van der Waals surface area contributed by atoms with Gasteiger partial charge in [-0.05, 0) is 43.3 Å². The fourth-order valence-electron chi connectivity index (χ4n) is 4.49. The molecule has 0 unspecified atom stereocenters. The minimum Gasteiger partial charge on any atom is -0.448 e. The molecule has 1 aliphatic rings. The van der Waals surface area contributed by atoms with Gasteiger partial charge >= 0.3 is 6.09 Å². The molecule has 0 spiro atoms. The highest BCUT2D eigenvalue weighted by atomic mass is 32.2. The normalized spacial score (nSPS) is 13.3. The van der Waals surface area contributed by atoms with Gasteiger partial charge in [0, 0.05) is 37.3 Å². The smallest absolute Gasteiger partial charge is 0.434 e. The predicted octanol–water partition coefficient (Wildman–Crippen LogP) is 3.75. The van der Waals surface area contributed by atoms with Crippen molar-refractivity contribution >= 4 is 39.4 Å². The van der Waals surface area contributed by atoms with Crippen molar-refractivity contribution in [1.82, 2.24) is 19.1 Å². The van der Waals surface area contributed by atoms with Gasteiger partial charge in [0.15, 0.2) is 5.82 Å². The number of para-hydroxylation sites is 1. The second-order valence-corrected chi connectivity index (χ2v) is 11.1. The molecule has 218 valence electrons. The number of aromatic amines is 1. The van der Waals surface area contributed by atoms with Crippen LogP contribution in [0.1, 0.15) is 39.0 Å². The number of rotatable bonds is 7. The van der Waals surface area contributed by atoms with Gasteiger partial charge in [-0.3, -0.25) is 9.59 Å². The maximum absolute atomic E-state index is 13.8. The van der Waals surface area contributed by atoms with E-state index >= 15 is 0 Å². The van der Waals surface area contributed by atoms with Gasteiger partial charge in [0.2, 0.25) is 10.0 Å². The molecule has 4 aromatic rings. The lowest BCUT2D eigenvalue weighted by atomic mass is 10.1. The standard InChI is InChI=1S/C27H24F2N6O6S/c1-2-41-27(38)35-23-9-11-34(42(39,40)18-13-16(28)12-17(29)14-18)15-20(23)24(33-35)32-25(36)19-6-3-4-7-21(19)31-26(37)22-8-5-10-30-22/h3-8,10,12-14,30H,2,9,11,15H2,1H3,(H,31,37)(H,32,33,36). The number of nitrogens with one attached hydrogen (secondary N) is 3. The minimum absolute atomic E-state index is 0.0170. The number of H-pyrrole nitrogens is 1. The molecule has 0 saturated carbocycles. The zero-order valence-corrected chi connectivity index (χ0v) is 22.9. The summed E-state index contributed by atoms with van der Waals surface area (Å²) < 4.78 is 61.2. The Morgan fingerprint density at radius 2 is 1.76 bits per heavy atom. The van der Waals surface area contributed by atoms with Gasteiger partial charge in [0.25, 0.3) is 11.8 Å². The zero-order chi connectivity index (χ0) is 30.0. The molecular formula is C27H24F2N6O6S. The Morgan fingerprint density at radius 3 is 2.45 bits per heavy atom. The predicted molar refractivity (Wildman–Crippen MR) is 145 cm³/mol. The molecule has 5 rings (SSSR count). The maximum Gasteiger partial charge on any atom is 0.434 e. The molecular weight excluding hydrogens is 574 g/mol. The second-order valence-electron chi connectivity index (χ2n) is 9.12. The molecule has 3 heterocycles. The summed E-state index contributed by atoms with van der Waals surface area (Å²) in [5, 5.41) is 9.46. The van der Waals surface area contributed by atoms with E-state index in [4.69, 9.17) is 4.74 Å². The summed E-state index contributed by atoms with van der Waals surface area (Å²) in [6, 6.07) is 11.4. The summed E-state index contributed by atoms with van der Waals surface area (Å²) in [4.78, 5) is 40.8. The number of sulfonamides is 1. The van der Waals surface area contributed by atoms with Gasteiger partial charge < -0.3 is 20.4 Å². The Hall–Kier alpha value is -4.89. The third-order valence-electron chi connectivity index (χ3n) is 6.43. The minimum atomic E-state index is -4.37. The average molecular weight is 599 g/mol. The Labute approximate surface area is 238 Å². The molecule has 42 heavy (non-hydrogen) atoms. The number of carbonyl (C=O) groups excluding carboxylic acids is 3. The molecule has 0 atom stereocenters. The molecule has 0 saturated heterocycles. The van der Waals surface area contributed by atoms with E-state index < -0.39 is 44.5 Å². The Kier molecular flexibility index (Phi) is 7.87. The number of hydrogen-bond donors (Lipinski definition) is 3. The molecule has 1 aliphatic heterocycles. The van der Waals surface area contributed by atoms with Crippen LogP contribution in [0.2, 0.25) is 0 Å². The molecule has 3 N–H and O–H groups in total. The van der Waals surface area contributed by atoms with Crippen LogP contribution in [0.3, 0.4) is 0 Å². The van der Waals surface area contributed by atoms with Crippen LogP contribution in [-0.4, -0.2) is 58.5 Å². The summed E-state index contributed by atoms with van der Waals surface area (Å²) in [5.74, 6) is -3.44. The Morgan fingerprint density at radius 1 is 1.02 bits per heavy atom. The number of ether oxygens (including phenoxy) is 1. The lowest BCUT2D eigenvalue weighted by Crippen LogP contribution is -2.37. The summed E-state index contributed by atoms with van der Waals surface area (Å²) in [7, 11) is -4.37. The highest BCUT2D eigenvalue weighted by Gasteiger charge is 2.35. The topological polar surface area (TPSA) is 155 Å². The molecule has 2 amide bonds. The van der Waals surface area contributed by atoms with Crippen LogP contribution in [0.15, 0.2) is 65.7 Å². The van der Waals surface area contributed by atoms with Crippen LogP contribution in [0.25, 0.3) is 0 Å². The van der Waals surface area contributed by atoms with Crippen LogP contribution in [-0.2, 0) is 27.7 Å². The van der Waals surface area contributed by atoms with E-state index in [2.05, 4.69) is 20.7 Å². The quantitative estimate of drug-likeness (QED) is 0.293. The van der Waals surface area contributed by atoms with Crippen molar-refractivity contribution in [3.63, 3.8) is 0 Å². The Balaban J connectivity index is 1.47. The summed E-state index contributed by atoms with van der Waals surface area (Å²) >= 11 is 0. The van der Waals surface area contributed by atoms with E-state index in [1.165, 1.54) is 12.1 Å². The molecule has 2 aromatic carbocycles. The fraction of sp³-hybridized carbons (Fsp3) is 0.185. The van der Waals surface area contributed by atoms with E-state index in [0.717, 1.165) is 8.99 Å². The van der Waals surface area contributed by atoms with Crippen molar-refractivity contribution in [2.24, 2.45) is 0 Å². The number of carbonyl (C=O) groups is 3. The molecule has 2 aromatic heterocycles. The van der Waals surface area contributed by atoms with Crippen LogP contribution >= 0.6 is 0 Å². The SMILES string of the molecule is CCOC(=O)n1nc(NC(=O)c2ccccc2NC(=O)c2ccc[nH]2)c2c1CCN(S(=O)(=O)c1cc(F)cc(F)c1)C2. The van der Waals surface area contributed by atoms with Crippen molar-refractivity contribution in [3.05, 3.63) is 94.9 Å². The number of anilines is 2. The van der Waals surface area contributed by atoms with E-state index in [0.29, 0.717) is 23.9 Å². The lowest BCUT2D eigenvalue weighted by molar-refractivity contribution is 0.102. The van der Waals surface area contributed by atoms with Crippen molar-refractivity contribution in [2.45, 2.75) is 24.8 Å². The van der Waals surface area contributed by atoms with E-state index in [-0.39, 0.29) is 54.4 Å². The van der Waals surface area contributed by atoms with E-state index in [1.54, 1.807) is 37.4 Å². The van der Waals surface area contributed by atoms with Crippen LogP contribution in [0.4, 0.5) is 25.1 Å². The summed E-state index contributed by atoms with van der Waals surface area (Å²) in [5.41, 5.74) is 1.01. The van der Waals surface area contributed by atoms with Crippen molar-refractivity contribution < 1.29 is 36.3 Å². The van der Waals surface area contributed by atoms with Crippen molar-refractivity contribution in [3.8, 4) is 0 Å². The number of amides is 2. The first-order valence-corrected chi connectivity index (χ1v) is 14.1. The number of benzene rings is 2. The van der Waals surface area contributed by atoms with Gasteiger partial charge in [-0.1, -0.05) is 12.1 Å². The van der Waals surface area contributed by atoms with Gasteiger partial charge in [-0.15, -0.1) is 5.10 Å². The van der Waals surface area contributed by atoms with Crippen LogP contribution in [0.5, 0.6) is 0 Å². The lowest BCUT2D eigenvalue weighted by Gasteiger charge is -2.27. The van der Waals surface area contributed by atoms with Gasteiger partial charge in [0.05, 0.1) is 28.4 Å². The van der Waals surface area contributed by atoms with Crippen molar-refractivity contribution in [2.75, 3.05) is 23.8 Å². The molecule has 0 bridgehead atoms. The first-order chi connectivity index (χ1) is 20.1. The number of aromatic nitrogens is 3. The Bertz CT molecular complexity index is 1770. The monoisotopic (exact) mass is 598 g/mol. The van der Waals surface area contributed by atoms with Gasteiger partial charge in [-0.2, -0.15) is 8.99 Å². The maximum atomic E-state index is 13.8. The van der Waals surface area contributed by atoms with Crippen molar-refractivity contribution in [1.29, 1.82) is 0 Å². The third-order valence-corrected chi connectivity index (χ3v) is 8.25. The summed E-state index contributed by atoms with van der Waals surface area (Å²) in [6.07, 6.45) is 0.721. The fourth-order valence-corrected chi connectivity index (χ4v) is 5.94. The van der Waals surface area contributed by atoms with Gasteiger partial charge in [0.1, 0.15) is 17.3 Å². The second kappa shape index (κ2) is 11.5. The zero-order valence-electron chi connectivity index (χ0n) is 22.1. The molecule has 0 fully saturated rings. The number of hydrogen-bond acceptors (Lipinski definition) is 7. The highest BCUT2D eigenvalue weighted by molar-refractivity contribution is 7.89. The number of fused-ring (bicyclic) bond motifs is 1. The first-order valence-electron chi connectivity index (χ1n) is 12.7. The molecule has 15 heteroatoms. The van der Waals surface area contributed by atoms with Crippen LogP contribution in [0, 0.1) is 11.6 Å². The largest absolute Gasteiger partial charge is 0.448 e. The molecule has 0 aliphatic carbocycles. The molecule has 12 nitrogen and oxygen atoms in total. The van der Waals surface area contributed by atoms with E-state index in [9.17, 15) is 31.6 Å². The number of nitrogens with zero attached hydrogens (tertiary/aromatic N) is 3. The average Bonchev–Trinajstić information content (AvgIpc) is 3.62. The summed E-state index contributed by atoms with van der Waals surface area (Å²) in [6.45, 7) is 1.13. The molecule has 0 radical (unpaired) electrons. The van der Waals surface area contributed by atoms with Gasteiger partial charge in [-0.25, -0.2) is 22.0 Å². The number of halogens is 2. The highest BCUT2D eigenvalue weighted by Crippen LogP contribution is 2.31. The first kappa shape index (κ1) is 28.6. The third kappa shape index (κ3) is 5.64.